The lowest BCUT2D eigenvalue weighted by Crippen LogP contribution is -2.22. The molecule has 0 heterocycles. The molecule has 7 heteroatoms. The fraction of sp³-hybridized carbons (Fsp3) is 0.118. The minimum absolute atomic E-state index is 0.0705. The molecule has 0 aliphatic rings. The second-order valence-corrected chi connectivity index (χ2v) is 5.69. The molecule has 0 aliphatic carbocycles. The molecule has 0 saturated heterocycles. The summed E-state index contributed by atoms with van der Waals surface area (Å²) in [5.74, 6) is -1.53. The number of hydrogen-bond acceptors (Lipinski definition) is 4. The van der Waals surface area contributed by atoms with Crippen LogP contribution in [0.2, 0.25) is 10.0 Å². The van der Waals surface area contributed by atoms with Crippen LogP contribution in [0.1, 0.15) is 27.6 Å². The second kappa shape index (κ2) is 7.95. The van der Waals surface area contributed by atoms with Crippen molar-refractivity contribution in [2.24, 2.45) is 0 Å². The van der Waals surface area contributed by atoms with E-state index < -0.39 is 18.5 Å². The van der Waals surface area contributed by atoms with Crippen molar-refractivity contribution in [2.45, 2.75) is 6.92 Å². The highest BCUT2D eigenvalue weighted by Gasteiger charge is 2.15. The Kier molecular flexibility index (Phi) is 5.95. The van der Waals surface area contributed by atoms with Crippen molar-refractivity contribution in [2.75, 3.05) is 11.9 Å². The van der Waals surface area contributed by atoms with Gasteiger partial charge in [0.05, 0.1) is 16.3 Å². The van der Waals surface area contributed by atoms with Crippen LogP contribution < -0.4 is 5.32 Å². The molecule has 2 aromatic carbocycles. The van der Waals surface area contributed by atoms with Gasteiger partial charge in [-0.05, 0) is 37.3 Å². The Balaban J connectivity index is 2.00. The maximum atomic E-state index is 12.0. The number of Topliss-reactive ketones (excluding diaryl/α,β-unsaturated/α-hetero) is 1. The molecule has 124 valence electrons. The van der Waals surface area contributed by atoms with Gasteiger partial charge in [0, 0.05) is 10.6 Å². The number of benzene rings is 2. The molecular weight excluding hydrogens is 353 g/mol. The van der Waals surface area contributed by atoms with E-state index in [1.54, 1.807) is 24.3 Å². The number of carbonyl (C=O) groups excluding carboxylic acids is 3. The zero-order chi connectivity index (χ0) is 17.7. The SMILES string of the molecule is CC(=O)c1ccccc1NC(=O)COC(=O)c1cc(Cl)ccc1Cl. The van der Waals surface area contributed by atoms with Gasteiger partial charge in [-0.15, -0.1) is 0 Å². The second-order valence-electron chi connectivity index (χ2n) is 4.85. The quantitative estimate of drug-likeness (QED) is 0.642. The summed E-state index contributed by atoms with van der Waals surface area (Å²) < 4.78 is 4.92. The maximum absolute atomic E-state index is 12.0. The maximum Gasteiger partial charge on any atom is 0.340 e. The zero-order valence-electron chi connectivity index (χ0n) is 12.6. The number of rotatable bonds is 5. The molecule has 0 fully saturated rings. The lowest BCUT2D eigenvalue weighted by Gasteiger charge is -2.10. The monoisotopic (exact) mass is 365 g/mol. The molecule has 1 N–H and O–H groups in total. The van der Waals surface area contributed by atoms with Gasteiger partial charge in [0.25, 0.3) is 5.91 Å². The number of amides is 1. The molecule has 0 unspecified atom stereocenters. The summed E-state index contributed by atoms with van der Waals surface area (Å²) in [6.07, 6.45) is 0. The summed E-state index contributed by atoms with van der Waals surface area (Å²) in [7, 11) is 0. The van der Waals surface area contributed by atoms with E-state index in [4.69, 9.17) is 27.9 Å². The van der Waals surface area contributed by atoms with Gasteiger partial charge < -0.3 is 10.1 Å². The molecule has 0 aromatic heterocycles. The molecule has 0 spiro atoms. The average molecular weight is 366 g/mol. The van der Waals surface area contributed by atoms with Gasteiger partial charge in [-0.25, -0.2) is 4.79 Å². The van der Waals surface area contributed by atoms with Crippen LogP contribution in [-0.2, 0) is 9.53 Å². The number of esters is 1. The van der Waals surface area contributed by atoms with Crippen molar-refractivity contribution in [1.29, 1.82) is 0 Å². The predicted octanol–water partition coefficient (Wildman–Crippen LogP) is 3.99. The third-order valence-corrected chi connectivity index (χ3v) is 3.63. The van der Waals surface area contributed by atoms with Gasteiger partial charge in [0.2, 0.25) is 0 Å². The van der Waals surface area contributed by atoms with Crippen molar-refractivity contribution in [3.8, 4) is 0 Å². The Labute approximate surface area is 148 Å². The minimum Gasteiger partial charge on any atom is -0.452 e. The highest BCUT2D eigenvalue weighted by molar-refractivity contribution is 6.35. The first kappa shape index (κ1) is 18.0. The lowest BCUT2D eigenvalue weighted by molar-refractivity contribution is -0.119. The number of ketones is 1. The van der Waals surface area contributed by atoms with E-state index in [9.17, 15) is 14.4 Å². The van der Waals surface area contributed by atoms with Crippen LogP contribution in [-0.4, -0.2) is 24.3 Å². The predicted molar refractivity (Wildman–Crippen MR) is 91.8 cm³/mol. The van der Waals surface area contributed by atoms with Crippen LogP contribution in [0.3, 0.4) is 0 Å². The number of anilines is 1. The van der Waals surface area contributed by atoms with Crippen LogP contribution in [0.15, 0.2) is 42.5 Å². The largest absolute Gasteiger partial charge is 0.452 e. The van der Waals surface area contributed by atoms with Gasteiger partial charge in [0.1, 0.15) is 0 Å². The molecule has 1 amide bonds. The molecule has 0 aliphatic heterocycles. The summed E-state index contributed by atoms with van der Waals surface area (Å²) >= 11 is 11.7. The number of hydrogen-bond donors (Lipinski definition) is 1. The van der Waals surface area contributed by atoms with E-state index in [0.29, 0.717) is 16.3 Å². The van der Waals surface area contributed by atoms with Gasteiger partial charge in [0.15, 0.2) is 12.4 Å². The van der Waals surface area contributed by atoms with Gasteiger partial charge in [-0.2, -0.15) is 0 Å². The van der Waals surface area contributed by atoms with Crippen LogP contribution in [0.5, 0.6) is 0 Å². The van der Waals surface area contributed by atoms with Crippen LogP contribution in [0.4, 0.5) is 5.69 Å². The number of ether oxygens (including phenoxy) is 1. The molecule has 0 saturated carbocycles. The Hall–Kier alpha value is -2.37. The highest BCUT2D eigenvalue weighted by Crippen LogP contribution is 2.21. The Morgan fingerprint density at radius 2 is 1.75 bits per heavy atom. The first-order valence-electron chi connectivity index (χ1n) is 6.90. The van der Waals surface area contributed by atoms with Crippen molar-refractivity contribution < 1.29 is 19.1 Å². The van der Waals surface area contributed by atoms with Crippen molar-refractivity contribution in [1.82, 2.24) is 0 Å². The number of para-hydroxylation sites is 1. The Bertz CT molecular complexity index is 805. The molecule has 24 heavy (non-hydrogen) atoms. The topological polar surface area (TPSA) is 72.5 Å². The first-order chi connectivity index (χ1) is 11.4. The summed E-state index contributed by atoms with van der Waals surface area (Å²) in [5.41, 5.74) is 0.794. The fourth-order valence-corrected chi connectivity index (χ4v) is 2.31. The molecule has 2 rings (SSSR count). The normalized spacial score (nSPS) is 10.1. The molecule has 5 nitrogen and oxygen atoms in total. The third-order valence-electron chi connectivity index (χ3n) is 3.06. The van der Waals surface area contributed by atoms with E-state index >= 15 is 0 Å². The van der Waals surface area contributed by atoms with Crippen molar-refractivity contribution in [3.63, 3.8) is 0 Å². The van der Waals surface area contributed by atoms with Crippen LogP contribution in [0, 0.1) is 0 Å². The van der Waals surface area contributed by atoms with Gasteiger partial charge >= 0.3 is 5.97 Å². The molecule has 0 atom stereocenters. The number of carbonyl (C=O) groups is 3. The standard InChI is InChI=1S/C17H13Cl2NO4/c1-10(21)12-4-2-3-5-15(12)20-16(22)9-24-17(23)13-8-11(18)6-7-14(13)19/h2-8H,9H2,1H3,(H,20,22). The average Bonchev–Trinajstić information content (AvgIpc) is 2.55. The zero-order valence-corrected chi connectivity index (χ0v) is 14.1. The van der Waals surface area contributed by atoms with Crippen LogP contribution >= 0.6 is 23.2 Å². The van der Waals surface area contributed by atoms with E-state index in [1.165, 1.54) is 25.1 Å². The molecule has 0 bridgehead atoms. The van der Waals surface area contributed by atoms with E-state index in [0.717, 1.165) is 0 Å². The van der Waals surface area contributed by atoms with Gasteiger partial charge in [-0.3, -0.25) is 9.59 Å². The van der Waals surface area contributed by atoms with E-state index in [2.05, 4.69) is 5.32 Å². The van der Waals surface area contributed by atoms with Gasteiger partial charge in [-0.1, -0.05) is 35.3 Å². The molecule has 0 radical (unpaired) electrons. The van der Waals surface area contributed by atoms with Crippen molar-refractivity contribution in [3.05, 3.63) is 63.6 Å². The van der Waals surface area contributed by atoms with E-state index in [1.807, 2.05) is 0 Å². The fourth-order valence-electron chi connectivity index (χ4n) is 1.95. The lowest BCUT2D eigenvalue weighted by atomic mass is 10.1. The Morgan fingerprint density at radius 1 is 1.04 bits per heavy atom. The first-order valence-corrected chi connectivity index (χ1v) is 7.66. The third kappa shape index (κ3) is 4.57. The van der Waals surface area contributed by atoms with E-state index in [-0.39, 0.29) is 16.4 Å². The smallest absolute Gasteiger partial charge is 0.340 e. The minimum atomic E-state index is -0.766. The number of halogens is 2. The summed E-state index contributed by atoms with van der Waals surface area (Å²) in [6, 6.07) is 10.9. The summed E-state index contributed by atoms with van der Waals surface area (Å²) in [6.45, 7) is 0.875. The highest BCUT2D eigenvalue weighted by atomic mass is 35.5. The Morgan fingerprint density at radius 3 is 2.46 bits per heavy atom. The molecular formula is C17H13Cl2NO4. The van der Waals surface area contributed by atoms with Crippen LogP contribution in [0.25, 0.3) is 0 Å². The number of nitrogens with one attached hydrogen (secondary N) is 1. The molecule has 2 aromatic rings. The summed E-state index contributed by atoms with van der Waals surface area (Å²) in [4.78, 5) is 35.4. The summed E-state index contributed by atoms with van der Waals surface area (Å²) in [5, 5.41) is 3.03. The van der Waals surface area contributed by atoms with Crippen molar-refractivity contribution >= 4 is 46.5 Å².